The van der Waals surface area contributed by atoms with E-state index in [9.17, 15) is 5.11 Å². The van der Waals surface area contributed by atoms with Crippen molar-refractivity contribution in [3.8, 4) is 0 Å². The zero-order valence-corrected chi connectivity index (χ0v) is 9.56. The van der Waals surface area contributed by atoms with E-state index in [4.69, 9.17) is 0 Å². The molecule has 0 aromatic rings. The van der Waals surface area contributed by atoms with Crippen LogP contribution in [0.2, 0.25) is 0 Å². The van der Waals surface area contributed by atoms with Crippen LogP contribution >= 0.6 is 0 Å². The highest BCUT2D eigenvalue weighted by atomic mass is 16.3. The fraction of sp³-hybridized carbons (Fsp3) is 1.00. The highest BCUT2D eigenvalue weighted by molar-refractivity contribution is 5.03. The van der Waals surface area contributed by atoms with Crippen LogP contribution in [0.4, 0.5) is 0 Å². The summed E-state index contributed by atoms with van der Waals surface area (Å²) >= 11 is 0. The summed E-state index contributed by atoms with van der Waals surface area (Å²) in [5, 5.41) is 10.3. The molecular formula is C12H24O. The predicted octanol–water partition coefficient (Wildman–Crippen LogP) is 3.36. The van der Waals surface area contributed by atoms with Gasteiger partial charge in [-0.15, -0.1) is 0 Å². The Bertz CT molecular complexity index is 168. The molecule has 0 aromatic heterocycles. The summed E-state index contributed by atoms with van der Waals surface area (Å²) in [6.07, 6.45) is 5.86. The van der Waals surface area contributed by atoms with E-state index in [0.29, 0.717) is 5.92 Å². The molecule has 1 N–H and O–H groups in total. The lowest BCUT2D eigenvalue weighted by Crippen LogP contribution is -2.36. The molecule has 0 radical (unpaired) electrons. The van der Waals surface area contributed by atoms with Crippen molar-refractivity contribution in [2.45, 2.75) is 65.4 Å². The second-order valence-corrected chi connectivity index (χ2v) is 5.43. The lowest BCUT2D eigenvalue weighted by atomic mass is 9.79. The van der Waals surface area contributed by atoms with Crippen LogP contribution in [0.1, 0.15) is 59.8 Å². The van der Waals surface area contributed by atoms with Gasteiger partial charge in [0.1, 0.15) is 0 Å². The standard InChI is InChI=1S/C12H24O/c1-5-6-10(2)9-12(4,13)11(3)7-8-11/h10,13H,5-9H2,1-4H3. The SMILES string of the molecule is CCCC(C)CC(C)(O)C1(C)CC1. The van der Waals surface area contributed by atoms with Gasteiger partial charge < -0.3 is 5.11 Å². The summed E-state index contributed by atoms with van der Waals surface area (Å²) in [6.45, 7) is 8.70. The Hall–Kier alpha value is -0.0400. The molecule has 0 aromatic carbocycles. The Morgan fingerprint density at radius 3 is 2.38 bits per heavy atom. The monoisotopic (exact) mass is 184 g/mol. The maximum atomic E-state index is 10.3. The average Bonchev–Trinajstić information content (AvgIpc) is 2.68. The smallest absolute Gasteiger partial charge is 0.0675 e. The van der Waals surface area contributed by atoms with Crippen molar-refractivity contribution >= 4 is 0 Å². The Balaban J connectivity index is 2.42. The molecule has 1 aliphatic carbocycles. The van der Waals surface area contributed by atoms with E-state index in [1.165, 1.54) is 25.7 Å². The van der Waals surface area contributed by atoms with Crippen LogP contribution in [0, 0.1) is 11.3 Å². The fourth-order valence-corrected chi connectivity index (χ4v) is 2.25. The third-order valence-corrected chi connectivity index (χ3v) is 3.83. The van der Waals surface area contributed by atoms with Crippen LogP contribution in [-0.4, -0.2) is 10.7 Å². The highest BCUT2D eigenvalue weighted by Crippen LogP contribution is 2.55. The molecule has 1 aliphatic rings. The Labute approximate surface area is 82.5 Å². The summed E-state index contributed by atoms with van der Waals surface area (Å²) < 4.78 is 0. The van der Waals surface area contributed by atoms with Crippen LogP contribution < -0.4 is 0 Å². The molecule has 1 rings (SSSR count). The summed E-state index contributed by atoms with van der Waals surface area (Å²) in [4.78, 5) is 0. The van der Waals surface area contributed by atoms with Gasteiger partial charge in [-0.25, -0.2) is 0 Å². The van der Waals surface area contributed by atoms with Crippen LogP contribution in [0.3, 0.4) is 0 Å². The number of rotatable bonds is 5. The van der Waals surface area contributed by atoms with Crippen molar-refractivity contribution in [2.24, 2.45) is 11.3 Å². The minimum atomic E-state index is -0.429. The van der Waals surface area contributed by atoms with Crippen molar-refractivity contribution in [2.75, 3.05) is 0 Å². The number of hydrogen-bond acceptors (Lipinski definition) is 1. The summed E-state index contributed by atoms with van der Waals surface area (Å²) in [6, 6.07) is 0. The lowest BCUT2D eigenvalue weighted by Gasteiger charge is -2.33. The summed E-state index contributed by atoms with van der Waals surface area (Å²) in [5.41, 5.74) is -0.198. The molecule has 78 valence electrons. The first-order chi connectivity index (χ1) is 5.91. The molecule has 0 aliphatic heterocycles. The van der Waals surface area contributed by atoms with Gasteiger partial charge in [0.25, 0.3) is 0 Å². The molecule has 13 heavy (non-hydrogen) atoms. The van der Waals surface area contributed by atoms with Gasteiger partial charge in [0.2, 0.25) is 0 Å². The average molecular weight is 184 g/mol. The van der Waals surface area contributed by atoms with Crippen LogP contribution in [0.5, 0.6) is 0 Å². The van der Waals surface area contributed by atoms with E-state index in [1.807, 2.05) is 6.92 Å². The Morgan fingerprint density at radius 2 is 2.00 bits per heavy atom. The minimum Gasteiger partial charge on any atom is -0.390 e. The highest BCUT2D eigenvalue weighted by Gasteiger charge is 2.52. The third kappa shape index (κ3) is 2.46. The van der Waals surface area contributed by atoms with Gasteiger partial charge in [-0.2, -0.15) is 0 Å². The molecule has 0 amide bonds. The number of hydrogen-bond donors (Lipinski definition) is 1. The normalized spacial score (nSPS) is 26.5. The number of aliphatic hydroxyl groups is 1. The summed E-state index contributed by atoms with van der Waals surface area (Å²) in [7, 11) is 0. The Morgan fingerprint density at radius 1 is 1.46 bits per heavy atom. The topological polar surface area (TPSA) is 20.2 Å². The van der Waals surface area contributed by atoms with Gasteiger partial charge >= 0.3 is 0 Å². The maximum absolute atomic E-state index is 10.3. The molecule has 0 spiro atoms. The molecule has 0 bridgehead atoms. The quantitative estimate of drug-likeness (QED) is 0.694. The first-order valence-electron chi connectivity index (χ1n) is 5.64. The molecule has 1 saturated carbocycles. The molecule has 0 saturated heterocycles. The summed E-state index contributed by atoms with van der Waals surface area (Å²) in [5.74, 6) is 0.664. The minimum absolute atomic E-state index is 0.231. The van der Waals surface area contributed by atoms with Gasteiger partial charge in [0, 0.05) is 0 Å². The molecule has 2 unspecified atom stereocenters. The Kier molecular flexibility index (Phi) is 3.06. The van der Waals surface area contributed by atoms with Gasteiger partial charge in [-0.05, 0) is 37.5 Å². The molecule has 2 atom stereocenters. The molecule has 1 fully saturated rings. The largest absolute Gasteiger partial charge is 0.390 e. The predicted molar refractivity (Wildman–Crippen MR) is 56.7 cm³/mol. The first-order valence-corrected chi connectivity index (χ1v) is 5.64. The van der Waals surface area contributed by atoms with E-state index in [-0.39, 0.29) is 5.41 Å². The van der Waals surface area contributed by atoms with Crippen molar-refractivity contribution in [3.05, 3.63) is 0 Å². The van der Waals surface area contributed by atoms with E-state index in [0.717, 1.165) is 6.42 Å². The molecule has 0 heterocycles. The van der Waals surface area contributed by atoms with E-state index < -0.39 is 5.60 Å². The van der Waals surface area contributed by atoms with Gasteiger partial charge in [0.15, 0.2) is 0 Å². The fourth-order valence-electron chi connectivity index (χ4n) is 2.25. The van der Waals surface area contributed by atoms with Crippen LogP contribution in [0.15, 0.2) is 0 Å². The molecule has 1 nitrogen and oxygen atoms in total. The zero-order chi connectivity index (χ0) is 10.1. The second kappa shape index (κ2) is 3.61. The van der Waals surface area contributed by atoms with E-state index in [1.54, 1.807) is 0 Å². The maximum Gasteiger partial charge on any atom is 0.0675 e. The second-order valence-electron chi connectivity index (χ2n) is 5.43. The van der Waals surface area contributed by atoms with Gasteiger partial charge in [0.05, 0.1) is 5.60 Å². The third-order valence-electron chi connectivity index (χ3n) is 3.83. The van der Waals surface area contributed by atoms with E-state index >= 15 is 0 Å². The first kappa shape index (κ1) is 11.0. The lowest BCUT2D eigenvalue weighted by molar-refractivity contribution is -0.0278. The van der Waals surface area contributed by atoms with Crippen LogP contribution in [-0.2, 0) is 0 Å². The molecule has 1 heteroatoms. The van der Waals surface area contributed by atoms with E-state index in [2.05, 4.69) is 20.8 Å². The zero-order valence-electron chi connectivity index (χ0n) is 9.56. The van der Waals surface area contributed by atoms with Crippen molar-refractivity contribution in [3.63, 3.8) is 0 Å². The van der Waals surface area contributed by atoms with Crippen LogP contribution in [0.25, 0.3) is 0 Å². The van der Waals surface area contributed by atoms with Crippen molar-refractivity contribution < 1.29 is 5.11 Å². The van der Waals surface area contributed by atoms with Crippen molar-refractivity contribution in [1.82, 2.24) is 0 Å². The van der Waals surface area contributed by atoms with Gasteiger partial charge in [-0.3, -0.25) is 0 Å². The molecular weight excluding hydrogens is 160 g/mol. The van der Waals surface area contributed by atoms with Gasteiger partial charge in [-0.1, -0.05) is 33.6 Å². The van der Waals surface area contributed by atoms with Crippen molar-refractivity contribution in [1.29, 1.82) is 0 Å².